The minimum Gasteiger partial charge on any atom is -0.444 e. The largest absolute Gasteiger partial charge is 0.444 e. The zero-order valence-corrected chi connectivity index (χ0v) is 21.7. The number of H-pyrrole nitrogens is 1. The maximum atomic E-state index is 13.2. The zero-order valence-electron chi connectivity index (χ0n) is 20.9. The number of carbonyl (C=O) groups excluding carboxylic acids is 2. The van der Waals surface area contributed by atoms with Gasteiger partial charge < -0.3 is 15.0 Å². The minimum atomic E-state index is -0.530. The standard InChI is InChI=1S/C27H32N4O4S/c1-27(2,3)35-26(34)31-13-12-18-21(15-36-22(18)14-31)24(32)28-17-10-8-16(9-11-17)23-19-6-4-5-7-20(19)25(33)30-29-23/h4-7,15-17H,8-14H2,1-3H3,(H,28,32)(H,30,33). The average Bonchev–Trinajstić information content (AvgIpc) is 3.28. The van der Waals surface area contributed by atoms with E-state index < -0.39 is 5.60 Å². The summed E-state index contributed by atoms with van der Waals surface area (Å²) >= 11 is 1.53. The summed E-state index contributed by atoms with van der Waals surface area (Å²) < 4.78 is 5.51. The summed E-state index contributed by atoms with van der Waals surface area (Å²) in [4.78, 5) is 40.5. The van der Waals surface area contributed by atoms with Gasteiger partial charge in [-0.1, -0.05) is 18.2 Å². The molecule has 1 aliphatic heterocycles. The van der Waals surface area contributed by atoms with E-state index in [1.54, 1.807) is 4.90 Å². The van der Waals surface area contributed by atoms with Crippen LogP contribution in [-0.2, 0) is 17.7 Å². The van der Waals surface area contributed by atoms with Crippen molar-refractivity contribution >= 4 is 34.1 Å². The maximum absolute atomic E-state index is 13.2. The van der Waals surface area contributed by atoms with Gasteiger partial charge in [0.25, 0.3) is 11.5 Å². The molecule has 2 aliphatic rings. The van der Waals surface area contributed by atoms with Crippen LogP contribution in [-0.4, -0.2) is 45.3 Å². The van der Waals surface area contributed by atoms with Crippen LogP contribution in [0.4, 0.5) is 4.79 Å². The van der Waals surface area contributed by atoms with Crippen molar-refractivity contribution in [2.75, 3.05) is 6.54 Å². The van der Waals surface area contributed by atoms with Crippen molar-refractivity contribution in [3.05, 3.63) is 61.7 Å². The molecular formula is C27H32N4O4S. The smallest absolute Gasteiger partial charge is 0.410 e. The summed E-state index contributed by atoms with van der Waals surface area (Å²) in [5.74, 6) is 0.224. The molecule has 0 radical (unpaired) electrons. The van der Waals surface area contributed by atoms with Crippen molar-refractivity contribution in [2.45, 2.75) is 77.0 Å². The fraction of sp³-hybridized carbons (Fsp3) is 0.481. The number of hydrogen-bond donors (Lipinski definition) is 2. The molecule has 0 saturated heterocycles. The number of hydrogen-bond acceptors (Lipinski definition) is 6. The van der Waals surface area contributed by atoms with Gasteiger partial charge in [0.15, 0.2) is 0 Å². The van der Waals surface area contributed by atoms with Gasteiger partial charge in [0.1, 0.15) is 5.60 Å². The first kappa shape index (κ1) is 24.5. The van der Waals surface area contributed by atoms with Crippen LogP contribution in [0.1, 0.15) is 78.9 Å². The molecule has 2 amide bonds. The van der Waals surface area contributed by atoms with Gasteiger partial charge in [0, 0.05) is 34.1 Å². The fourth-order valence-electron chi connectivity index (χ4n) is 5.22. The number of ether oxygens (including phenoxy) is 1. The second-order valence-corrected chi connectivity index (χ2v) is 11.7. The molecule has 36 heavy (non-hydrogen) atoms. The number of amides is 2. The van der Waals surface area contributed by atoms with Gasteiger partial charge in [-0.15, -0.1) is 11.3 Å². The topological polar surface area (TPSA) is 104 Å². The second kappa shape index (κ2) is 9.69. The van der Waals surface area contributed by atoms with Crippen molar-refractivity contribution in [2.24, 2.45) is 0 Å². The number of carbonyl (C=O) groups is 2. The monoisotopic (exact) mass is 508 g/mol. The van der Waals surface area contributed by atoms with Crippen molar-refractivity contribution in [3.8, 4) is 0 Å². The van der Waals surface area contributed by atoms with E-state index in [0.717, 1.165) is 52.8 Å². The van der Waals surface area contributed by atoms with Crippen molar-refractivity contribution in [1.29, 1.82) is 0 Å². The number of aromatic amines is 1. The Morgan fingerprint density at radius 2 is 1.86 bits per heavy atom. The third-order valence-electron chi connectivity index (χ3n) is 7.02. The number of fused-ring (bicyclic) bond motifs is 2. The van der Waals surface area contributed by atoms with Crippen LogP contribution in [0.3, 0.4) is 0 Å². The second-order valence-electron chi connectivity index (χ2n) is 10.7. The Bertz CT molecular complexity index is 1350. The molecule has 2 N–H and O–H groups in total. The maximum Gasteiger partial charge on any atom is 0.410 e. The number of nitrogens with zero attached hydrogens (tertiary/aromatic N) is 2. The lowest BCUT2D eigenvalue weighted by atomic mass is 9.82. The van der Waals surface area contributed by atoms with E-state index in [4.69, 9.17) is 4.74 Å². The third-order valence-corrected chi connectivity index (χ3v) is 8.03. The predicted molar refractivity (Wildman–Crippen MR) is 139 cm³/mol. The summed E-state index contributed by atoms with van der Waals surface area (Å²) in [6, 6.07) is 7.71. The number of rotatable bonds is 3. The molecule has 1 aromatic carbocycles. The van der Waals surface area contributed by atoms with E-state index in [1.165, 1.54) is 11.3 Å². The molecule has 1 aliphatic carbocycles. The predicted octanol–water partition coefficient (Wildman–Crippen LogP) is 4.73. The molecule has 0 unspecified atom stereocenters. The van der Waals surface area contributed by atoms with Gasteiger partial charge in [-0.2, -0.15) is 5.10 Å². The third kappa shape index (κ3) is 5.02. The van der Waals surface area contributed by atoms with E-state index in [2.05, 4.69) is 15.5 Å². The van der Waals surface area contributed by atoms with Crippen LogP contribution in [0.25, 0.3) is 10.8 Å². The molecule has 0 bridgehead atoms. The molecular weight excluding hydrogens is 476 g/mol. The van der Waals surface area contributed by atoms with Gasteiger partial charge in [-0.3, -0.25) is 9.59 Å². The minimum absolute atomic E-state index is 0.0331. The lowest BCUT2D eigenvalue weighted by Crippen LogP contribution is -2.40. The number of benzene rings is 1. The molecule has 3 heterocycles. The Labute approximate surface area is 214 Å². The Hall–Kier alpha value is -3.20. The van der Waals surface area contributed by atoms with E-state index in [9.17, 15) is 14.4 Å². The lowest BCUT2D eigenvalue weighted by molar-refractivity contribution is 0.0226. The molecule has 9 heteroatoms. The van der Waals surface area contributed by atoms with Crippen molar-refractivity contribution in [1.82, 2.24) is 20.4 Å². The summed E-state index contributed by atoms with van der Waals surface area (Å²) in [5.41, 5.74) is 2.03. The summed E-state index contributed by atoms with van der Waals surface area (Å²) in [6.07, 6.45) is 3.88. The molecule has 1 saturated carbocycles. The highest BCUT2D eigenvalue weighted by Gasteiger charge is 2.31. The normalized spacial score (nSPS) is 20.1. The SMILES string of the molecule is CC(C)(C)OC(=O)N1CCc2c(C(=O)NC3CCC(c4n[nH]c(=O)c5ccccc45)CC3)csc2C1. The number of nitrogens with one attached hydrogen (secondary N) is 2. The highest BCUT2D eigenvalue weighted by atomic mass is 32.1. The molecule has 5 rings (SSSR count). The van der Waals surface area contributed by atoms with E-state index in [0.29, 0.717) is 24.9 Å². The van der Waals surface area contributed by atoms with Gasteiger partial charge in [-0.05, 0) is 64.5 Å². The van der Waals surface area contributed by atoms with Gasteiger partial charge in [-0.25, -0.2) is 9.89 Å². The average molecular weight is 509 g/mol. The van der Waals surface area contributed by atoms with E-state index >= 15 is 0 Å². The van der Waals surface area contributed by atoms with Crippen LogP contribution in [0.5, 0.6) is 0 Å². The Kier molecular flexibility index (Phi) is 6.59. The van der Waals surface area contributed by atoms with Crippen LogP contribution >= 0.6 is 11.3 Å². The molecule has 190 valence electrons. The van der Waals surface area contributed by atoms with E-state index in [-0.39, 0.29) is 29.5 Å². The molecule has 3 aromatic rings. The van der Waals surface area contributed by atoms with Crippen LogP contribution in [0, 0.1) is 0 Å². The molecule has 8 nitrogen and oxygen atoms in total. The zero-order chi connectivity index (χ0) is 25.4. The Morgan fingerprint density at radius 3 is 2.58 bits per heavy atom. The molecule has 0 atom stereocenters. The first-order valence-corrected chi connectivity index (χ1v) is 13.4. The highest BCUT2D eigenvalue weighted by Crippen LogP contribution is 2.35. The summed E-state index contributed by atoms with van der Waals surface area (Å²) in [6.45, 7) is 6.61. The fourth-order valence-corrected chi connectivity index (χ4v) is 6.32. The van der Waals surface area contributed by atoms with E-state index in [1.807, 2.05) is 50.4 Å². The molecule has 1 fully saturated rings. The van der Waals surface area contributed by atoms with Crippen molar-refractivity contribution < 1.29 is 14.3 Å². The number of aromatic nitrogens is 2. The molecule has 2 aromatic heterocycles. The van der Waals surface area contributed by atoms with Crippen LogP contribution in [0.15, 0.2) is 34.4 Å². The quantitative estimate of drug-likeness (QED) is 0.532. The first-order chi connectivity index (χ1) is 17.2. The van der Waals surface area contributed by atoms with Crippen LogP contribution in [0.2, 0.25) is 0 Å². The van der Waals surface area contributed by atoms with Gasteiger partial charge in [0.05, 0.1) is 23.2 Å². The molecule has 0 spiro atoms. The lowest BCUT2D eigenvalue weighted by Gasteiger charge is -2.31. The number of thiophene rings is 1. The Balaban J connectivity index is 1.20. The van der Waals surface area contributed by atoms with Crippen molar-refractivity contribution in [3.63, 3.8) is 0 Å². The van der Waals surface area contributed by atoms with Gasteiger partial charge in [0.2, 0.25) is 0 Å². The van der Waals surface area contributed by atoms with Crippen LogP contribution < -0.4 is 10.9 Å². The highest BCUT2D eigenvalue weighted by molar-refractivity contribution is 7.10. The summed E-state index contributed by atoms with van der Waals surface area (Å²) in [7, 11) is 0. The Morgan fingerprint density at radius 1 is 1.14 bits per heavy atom. The summed E-state index contributed by atoms with van der Waals surface area (Å²) in [5, 5.41) is 13.8. The first-order valence-electron chi connectivity index (χ1n) is 12.5. The van der Waals surface area contributed by atoms with Gasteiger partial charge >= 0.3 is 6.09 Å².